The normalized spacial score (nSPS) is 46.6. The molecule has 0 aromatic carbocycles. The second-order valence-corrected chi connectivity index (χ2v) is 6.48. The quantitative estimate of drug-likeness (QED) is 0.578. The van der Waals surface area contributed by atoms with E-state index in [1.807, 2.05) is 0 Å². The Morgan fingerprint density at radius 2 is 2.21 bits per heavy atom. The van der Waals surface area contributed by atoms with Crippen molar-refractivity contribution < 1.29 is 9.53 Å². The Balaban J connectivity index is 1.82. The highest BCUT2D eigenvalue weighted by molar-refractivity contribution is 5.81. The molecule has 2 bridgehead atoms. The van der Waals surface area contributed by atoms with Gasteiger partial charge in [0.15, 0.2) is 0 Å². The average molecular weight is 259 g/mol. The number of nitrogens with zero attached hydrogens (tertiary/aromatic N) is 1. The van der Waals surface area contributed by atoms with Crippen molar-refractivity contribution in [2.24, 2.45) is 29.6 Å². The van der Waals surface area contributed by atoms with Gasteiger partial charge in [0.05, 0.1) is 6.07 Å². The molecule has 0 aromatic heterocycles. The lowest BCUT2D eigenvalue weighted by Crippen LogP contribution is -2.44. The smallest absolute Gasteiger partial charge is 0.330 e. The lowest BCUT2D eigenvalue weighted by atomic mass is 9.71. The maximum absolute atomic E-state index is 11.6. The van der Waals surface area contributed by atoms with E-state index in [0.29, 0.717) is 23.7 Å². The van der Waals surface area contributed by atoms with Crippen LogP contribution in [0.15, 0.2) is 12.7 Å². The van der Waals surface area contributed by atoms with Gasteiger partial charge < -0.3 is 4.74 Å². The third-order valence-corrected chi connectivity index (χ3v) is 5.88. The highest BCUT2D eigenvalue weighted by Crippen LogP contribution is 2.65. The summed E-state index contributed by atoms with van der Waals surface area (Å²) in [6.45, 7) is 5.62. The summed E-state index contributed by atoms with van der Waals surface area (Å²) in [6, 6.07) is 2.43. The SMILES string of the molecule is C=CC(=O)OC1(CC)CC2CC1C1CC(C#N)CC21. The van der Waals surface area contributed by atoms with Crippen molar-refractivity contribution in [3.63, 3.8) is 0 Å². The van der Waals surface area contributed by atoms with Crippen molar-refractivity contribution in [2.75, 3.05) is 0 Å². The van der Waals surface area contributed by atoms with Crippen molar-refractivity contribution in [3.05, 3.63) is 12.7 Å². The average Bonchev–Trinajstić information content (AvgIpc) is 3.07. The topological polar surface area (TPSA) is 50.1 Å². The van der Waals surface area contributed by atoms with Crippen LogP contribution in [0, 0.1) is 40.9 Å². The molecular weight excluding hydrogens is 238 g/mol. The maximum atomic E-state index is 11.6. The van der Waals surface area contributed by atoms with E-state index >= 15 is 0 Å². The Bertz CT molecular complexity index is 452. The molecule has 3 fully saturated rings. The number of ether oxygens (including phenoxy) is 1. The zero-order valence-electron chi connectivity index (χ0n) is 11.5. The van der Waals surface area contributed by atoms with Crippen molar-refractivity contribution in [1.82, 2.24) is 0 Å². The Labute approximate surface area is 114 Å². The fraction of sp³-hybridized carbons (Fsp3) is 0.750. The van der Waals surface area contributed by atoms with E-state index in [0.717, 1.165) is 25.7 Å². The van der Waals surface area contributed by atoms with Crippen LogP contribution < -0.4 is 0 Å². The van der Waals surface area contributed by atoms with Gasteiger partial charge in [-0.1, -0.05) is 13.5 Å². The molecule has 0 amide bonds. The van der Waals surface area contributed by atoms with E-state index in [9.17, 15) is 4.79 Å². The van der Waals surface area contributed by atoms with Gasteiger partial charge in [0.2, 0.25) is 0 Å². The van der Waals surface area contributed by atoms with Crippen LogP contribution in [-0.2, 0) is 9.53 Å². The molecule has 0 saturated heterocycles. The molecule has 3 saturated carbocycles. The lowest BCUT2D eigenvalue weighted by Gasteiger charge is -2.41. The number of carbonyl (C=O) groups excluding carboxylic acids is 1. The number of nitriles is 1. The number of rotatable bonds is 3. The second-order valence-electron chi connectivity index (χ2n) is 6.48. The maximum Gasteiger partial charge on any atom is 0.330 e. The van der Waals surface area contributed by atoms with Crippen molar-refractivity contribution in [3.8, 4) is 6.07 Å². The number of fused-ring (bicyclic) bond motifs is 5. The predicted molar refractivity (Wildman–Crippen MR) is 70.8 cm³/mol. The molecule has 19 heavy (non-hydrogen) atoms. The van der Waals surface area contributed by atoms with E-state index in [-0.39, 0.29) is 17.5 Å². The van der Waals surface area contributed by atoms with Crippen LogP contribution >= 0.6 is 0 Å². The Morgan fingerprint density at radius 1 is 1.47 bits per heavy atom. The van der Waals surface area contributed by atoms with Gasteiger partial charge in [-0.15, -0.1) is 0 Å². The minimum absolute atomic E-state index is 0.225. The molecule has 3 aliphatic carbocycles. The van der Waals surface area contributed by atoms with Crippen molar-refractivity contribution >= 4 is 5.97 Å². The summed E-state index contributed by atoms with van der Waals surface area (Å²) in [5.74, 6) is 2.36. The van der Waals surface area contributed by atoms with Gasteiger partial charge in [-0.05, 0) is 49.9 Å². The third kappa shape index (κ3) is 1.73. The monoisotopic (exact) mass is 259 g/mol. The first-order valence-electron chi connectivity index (χ1n) is 7.38. The van der Waals surface area contributed by atoms with E-state index in [2.05, 4.69) is 19.6 Å². The molecule has 6 atom stereocenters. The molecule has 3 rings (SSSR count). The highest BCUT2D eigenvalue weighted by atomic mass is 16.6. The van der Waals surface area contributed by atoms with E-state index in [4.69, 9.17) is 10.00 Å². The fourth-order valence-electron chi connectivity index (χ4n) is 5.16. The molecule has 0 heterocycles. The molecule has 3 nitrogen and oxygen atoms in total. The Hall–Kier alpha value is -1.30. The number of hydrogen-bond acceptors (Lipinski definition) is 3. The van der Waals surface area contributed by atoms with Gasteiger partial charge >= 0.3 is 5.97 Å². The first kappa shape index (κ1) is 12.7. The summed E-state index contributed by atoms with van der Waals surface area (Å²) in [5, 5.41) is 9.14. The molecule has 3 heteroatoms. The zero-order valence-corrected chi connectivity index (χ0v) is 11.5. The third-order valence-electron chi connectivity index (χ3n) is 5.88. The zero-order chi connectivity index (χ0) is 13.6. The molecule has 0 aliphatic heterocycles. The summed E-state index contributed by atoms with van der Waals surface area (Å²) in [4.78, 5) is 11.6. The Morgan fingerprint density at radius 3 is 2.84 bits per heavy atom. The molecule has 6 unspecified atom stereocenters. The van der Waals surface area contributed by atoms with Gasteiger partial charge in [-0.2, -0.15) is 5.26 Å². The van der Waals surface area contributed by atoms with Crippen LogP contribution in [0.4, 0.5) is 0 Å². The van der Waals surface area contributed by atoms with Crippen LogP contribution in [0.5, 0.6) is 0 Å². The summed E-state index contributed by atoms with van der Waals surface area (Å²) in [5.41, 5.74) is -0.276. The van der Waals surface area contributed by atoms with Gasteiger partial charge in [0.25, 0.3) is 0 Å². The van der Waals surface area contributed by atoms with Gasteiger partial charge in [0, 0.05) is 17.9 Å². The fourth-order valence-corrected chi connectivity index (χ4v) is 5.16. The van der Waals surface area contributed by atoms with Gasteiger partial charge in [0.1, 0.15) is 5.60 Å². The minimum Gasteiger partial charge on any atom is -0.456 e. The van der Waals surface area contributed by atoms with Gasteiger partial charge in [-0.3, -0.25) is 0 Å². The second kappa shape index (κ2) is 4.37. The van der Waals surface area contributed by atoms with E-state index < -0.39 is 0 Å². The molecule has 102 valence electrons. The predicted octanol–water partition coefficient (Wildman–Crippen LogP) is 3.07. The molecular formula is C16H21NO2. The number of hydrogen-bond donors (Lipinski definition) is 0. The minimum atomic E-state index is -0.291. The van der Waals surface area contributed by atoms with Crippen LogP contribution in [0.3, 0.4) is 0 Å². The van der Waals surface area contributed by atoms with Crippen LogP contribution in [0.1, 0.15) is 39.0 Å². The summed E-state index contributed by atoms with van der Waals surface area (Å²) in [7, 11) is 0. The summed E-state index contributed by atoms with van der Waals surface area (Å²) >= 11 is 0. The first-order chi connectivity index (χ1) is 9.13. The van der Waals surface area contributed by atoms with E-state index in [1.54, 1.807) is 0 Å². The molecule has 0 N–H and O–H groups in total. The highest BCUT2D eigenvalue weighted by Gasteiger charge is 2.63. The number of esters is 1. The first-order valence-corrected chi connectivity index (χ1v) is 7.38. The molecule has 3 aliphatic rings. The van der Waals surface area contributed by atoms with E-state index in [1.165, 1.54) is 12.5 Å². The van der Waals surface area contributed by atoms with Crippen LogP contribution in [-0.4, -0.2) is 11.6 Å². The van der Waals surface area contributed by atoms with Crippen LogP contribution in [0.25, 0.3) is 0 Å². The lowest BCUT2D eigenvalue weighted by molar-refractivity contribution is -0.164. The standard InChI is InChI=1S/C16H21NO2/c1-3-15(18)19-16(4-2)8-11-7-14(16)13-6-10(9-17)5-12(11)13/h3,10-14H,1,4-8H2,2H3. The number of carbonyl (C=O) groups is 1. The summed E-state index contributed by atoms with van der Waals surface area (Å²) < 4.78 is 5.77. The Kier molecular flexibility index (Phi) is 2.92. The molecule has 0 aromatic rings. The summed E-state index contributed by atoms with van der Waals surface area (Å²) in [6.07, 6.45) is 6.41. The van der Waals surface area contributed by atoms with Gasteiger partial charge in [-0.25, -0.2) is 4.79 Å². The molecule has 0 spiro atoms. The van der Waals surface area contributed by atoms with Crippen molar-refractivity contribution in [2.45, 2.75) is 44.6 Å². The largest absolute Gasteiger partial charge is 0.456 e. The molecule has 0 radical (unpaired) electrons. The van der Waals surface area contributed by atoms with Crippen LogP contribution in [0.2, 0.25) is 0 Å². The van der Waals surface area contributed by atoms with Crippen molar-refractivity contribution in [1.29, 1.82) is 5.26 Å².